The van der Waals surface area contributed by atoms with Gasteiger partial charge in [0, 0.05) is 24.9 Å². The van der Waals surface area contributed by atoms with E-state index in [0.29, 0.717) is 24.1 Å². The molecule has 1 heterocycles. The summed E-state index contributed by atoms with van der Waals surface area (Å²) in [4.78, 5) is 0. The molecule has 0 spiro atoms. The Morgan fingerprint density at radius 1 is 1.14 bits per heavy atom. The summed E-state index contributed by atoms with van der Waals surface area (Å²) < 4.78 is 29.3. The Kier molecular flexibility index (Phi) is 6.09. The van der Waals surface area contributed by atoms with E-state index >= 15 is 0 Å². The van der Waals surface area contributed by atoms with Gasteiger partial charge in [0.2, 0.25) is 0 Å². The summed E-state index contributed by atoms with van der Waals surface area (Å²) in [6.45, 7) is 5.30. The maximum Gasteiger partial charge on any atom is 0.150 e. The second-order valence-electron chi connectivity index (χ2n) is 7.33. The third-order valence-corrected chi connectivity index (χ3v) is 6.44. The van der Waals surface area contributed by atoms with Gasteiger partial charge in [-0.3, -0.25) is 0 Å². The van der Waals surface area contributed by atoms with Crippen molar-refractivity contribution in [2.24, 2.45) is 5.92 Å². The first-order chi connectivity index (χ1) is 9.84. The van der Waals surface area contributed by atoms with E-state index in [1.54, 1.807) is 0 Å². The van der Waals surface area contributed by atoms with Crippen molar-refractivity contribution in [1.82, 2.24) is 5.32 Å². The Morgan fingerprint density at radius 3 is 2.52 bits per heavy atom. The third-order valence-electron chi connectivity index (χ3n) is 4.80. The van der Waals surface area contributed by atoms with E-state index in [2.05, 4.69) is 19.2 Å². The van der Waals surface area contributed by atoms with Gasteiger partial charge in [0.25, 0.3) is 0 Å². The van der Waals surface area contributed by atoms with Crippen LogP contribution in [0.5, 0.6) is 0 Å². The van der Waals surface area contributed by atoms with Gasteiger partial charge in [-0.05, 0) is 44.4 Å². The predicted octanol–water partition coefficient (Wildman–Crippen LogP) is 2.53. The molecule has 2 fully saturated rings. The van der Waals surface area contributed by atoms with Gasteiger partial charge in [-0.25, -0.2) is 8.42 Å². The molecule has 1 saturated carbocycles. The quantitative estimate of drug-likeness (QED) is 0.846. The molecule has 2 aliphatic rings. The van der Waals surface area contributed by atoms with Crippen LogP contribution in [0.3, 0.4) is 0 Å². The topological polar surface area (TPSA) is 55.4 Å². The molecular weight excluding hydrogens is 286 g/mol. The molecule has 4 nitrogen and oxygen atoms in total. The lowest BCUT2D eigenvalue weighted by atomic mass is 9.91. The van der Waals surface area contributed by atoms with Crippen LogP contribution in [-0.2, 0) is 14.6 Å². The minimum Gasteiger partial charge on any atom is -0.378 e. The molecule has 0 amide bonds. The zero-order chi connectivity index (χ0) is 15.5. The van der Waals surface area contributed by atoms with Crippen molar-refractivity contribution < 1.29 is 13.2 Å². The molecule has 0 aromatic carbocycles. The smallest absolute Gasteiger partial charge is 0.150 e. The van der Waals surface area contributed by atoms with Gasteiger partial charge in [-0.15, -0.1) is 0 Å². The number of nitrogens with one attached hydrogen (secondary N) is 1. The molecule has 21 heavy (non-hydrogen) atoms. The van der Waals surface area contributed by atoms with Crippen LogP contribution in [0.4, 0.5) is 0 Å². The van der Waals surface area contributed by atoms with E-state index in [1.165, 1.54) is 6.26 Å². The monoisotopic (exact) mass is 317 g/mol. The van der Waals surface area contributed by atoms with Gasteiger partial charge in [0.15, 0.2) is 0 Å². The molecule has 1 aliphatic carbocycles. The second-order valence-corrected chi connectivity index (χ2v) is 9.65. The summed E-state index contributed by atoms with van der Waals surface area (Å²) in [5.41, 5.74) is 0. The molecular formula is C16H31NO3S. The Bertz CT molecular complexity index is 421. The molecule has 0 radical (unpaired) electrons. The number of rotatable bonds is 5. The molecule has 2 rings (SSSR count). The van der Waals surface area contributed by atoms with Crippen molar-refractivity contribution in [2.75, 3.05) is 12.9 Å². The maximum absolute atomic E-state index is 11.7. The third kappa shape index (κ3) is 5.53. The molecule has 5 heteroatoms. The highest BCUT2D eigenvalue weighted by molar-refractivity contribution is 7.91. The molecule has 1 aliphatic heterocycles. The van der Waals surface area contributed by atoms with Crippen molar-refractivity contribution in [3.8, 4) is 0 Å². The lowest BCUT2D eigenvalue weighted by molar-refractivity contribution is -0.0117. The van der Waals surface area contributed by atoms with Crippen molar-refractivity contribution in [1.29, 1.82) is 0 Å². The first kappa shape index (κ1) is 17.2. The fraction of sp³-hybridized carbons (Fsp3) is 1.00. The molecule has 0 bridgehead atoms. The summed E-state index contributed by atoms with van der Waals surface area (Å²) in [5.74, 6) is 0.665. The van der Waals surface area contributed by atoms with Gasteiger partial charge >= 0.3 is 0 Å². The number of ether oxygens (including phenoxy) is 1. The fourth-order valence-electron chi connectivity index (χ4n) is 3.74. The molecule has 4 atom stereocenters. The SMILES string of the molecule is CC(C)CC1CC(NC2CCCC(S(C)(=O)=O)C2)CCO1. The average Bonchev–Trinajstić information content (AvgIpc) is 2.37. The van der Waals surface area contributed by atoms with Crippen LogP contribution >= 0.6 is 0 Å². The normalized spacial score (nSPS) is 35.0. The van der Waals surface area contributed by atoms with Crippen LogP contribution in [0, 0.1) is 5.92 Å². The first-order valence-electron chi connectivity index (χ1n) is 8.41. The van der Waals surface area contributed by atoms with Crippen LogP contribution in [-0.4, -0.2) is 44.7 Å². The number of sulfone groups is 1. The molecule has 0 aromatic heterocycles. The lowest BCUT2D eigenvalue weighted by Gasteiger charge is -2.36. The van der Waals surface area contributed by atoms with Crippen molar-refractivity contribution in [2.45, 2.75) is 82.2 Å². The van der Waals surface area contributed by atoms with E-state index < -0.39 is 9.84 Å². The van der Waals surface area contributed by atoms with Crippen LogP contribution in [0.1, 0.15) is 58.8 Å². The first-order valence-corrected chi connectivity index (χ1v) is 10.4. The van der Waals surface area contributed by atoms with Gasteiger partial charge in [-0.2, -0.15) is 0 Å². The summed E-state index contributed by atoms with van der Waals surface area (Å²) in [7, 11) is -2.89. The van der Waals surface area contributed by atoms with Gasteiger partial charge < -0.3 is 10.1 Å². The minimum absolute atomic E-state index is 0.143. The average molecular weight is 317 g/mol. The number of hydrogen-bond donors (Lipinski definition) is 1. The predicted molar refractivity (Wildman–Crippen MR) is 86.2 cm³/mol. The highest BCUT2D eigenvalue weighted by Crippen LogP contribution is 2.26. The Labute approximate surface area is 129 Å². The van der Waals surface area contributed by atoms with Crippen LogP contribution in [0.25, 0.3) is 0 Å². The van der Waals surface area contributed by atoms with E-state index in [-0.39, 0.29) is 5.25 Å². The van der Waals surface area contributed by atoms with Crippen molar-refractivity contribution in [3.63, 3.8) is 0 Å². The fourth-order valence-corrected chi connectivity index (χ4v) is 4.92. The Morgan fingerprint density at radius 2 is 1.86 bits per heavy atom. The van der Waals surface area contributed by atoms with E-state index in [4.69, 9.17) is 4.74 Å². The van der Waals surface area contributed by atoms with Crippen LogP contribution in [0.15, 0.2) is 0 Å². The zero-order valence-corrected chi connectivity index (χ0v) is 14.5. The molecule has 1 N–H and O–H groups in total. The number of hydrogen-bond acceptors (Lipinski definition) is 4. The van der Waals surface area contributed by atoms with Crippen LogP contribution in [0.2, 0.25) is 0 Å². The zero-order valence-electron chi connectivity index (χ0n) is 13.7. The molecule has 4 unspecified atom stereocenters. The summed E-state index contributed by atoms with van der Waals surface area (Å²) in [6.07, 6.45) is 8.73. The molecule has 1 saturated heterocycles. The highest BCUT2D eigenvalue weighted by Gasteiger charge is 2.31. The van der Waals surface area contributed by atoms with Gasteiger partial charge in [-0.1, -0.05) is 20.3 Å². The summed E-state index contributed by atoms with van der Waals surface area (Å²) in [6, 6.07) is 0.854. The Hall–Kier alpha value is -0.130. The summed E-state index contributed by atoms with van der Waals surface area (Å²) >= 11 is 0. The van der Waals surface area contributed by atoms with Crippen LogP contribution < -0.4 is 5.32 Å². The standard InChI is InChI=1S/C16H31NO3S/c1-12(2)9-15-10-14(7-8-20-15)17-13-5-4-6-16(11-13)21(3,18)19/h12-17H,4-11H2,1-3H3. The second kappa shape index (κ2) is 7.42. The Balaban J connectivity index is 1.83. The van der Waals surface area contributed by atoms with E-state index in [9.17, 15) is 8.42 Å². The summed E-state index contributed by atoms with van der Waals surface area (Å²) in [5, 5.41) is 3.58. The van der Waals surface area contributed by atoms with Crippen molar-refractivity contribution in [3.05, 3.63) is 0 Å². The van der Waals surface area contributed by atoms with E-state index in [0.717, 1.165) is 51.6 Å². The van der Waals surface area contributed by atoms with E-state index in [1.807, 2.05) is 0 Å². The molecule has 0 aromatic rings. The van der Waals surface area contributed by atoms with Gasteiger partial charge in [0.1, 0.15) is 9.84 Å². The maximum atomic E-state index is 11.7. The lowest BCUT2D eigenvalue weighted by Crippen LogP contribution is -2.47. The largest absolute Gasteiger partial charge is 0.378 e. The van der Waals surface area contributed by atoms with Crippen molar-refractivity contribution >= 4 is 9.84 Å². The minimum atomic E-state index is -2.89. The molecule has 124 valence electrons. The van der Waals surface area contributed by atoms with Gasteiger partial charge in [0.05, 0.1) is 11.4 Å². The highest BCUT2D eigenvalue weighted by atomic mass is 32.2.